The third kappa shape index (κ3) is 4.03. The molecule has 0 atom stereocenters. The molecule has 19 heavy (non-hydrogen) atoms. The van der Waals surface area contributed by atoms with Gasteiger partial charge in [0.05, 0.1) is 40.5 Å². The van der Waals surface area contributed by atoms with E-state index >= 15 is 0 Å². The Hall–Kier alpha value is -1.95. The Balaban J connectivity index is 2.88. The molecule has 0 bridgehead atoms. The van der Waals surface area contributed by atoms with Crippen LogP contribution in [0.5, 0.6) is 17.2 Å². The van der Waals surface area contributed by atoms with Gasteiger partial charge in [-0.15, -0.1) is 0 Å². The van der Waals surface area contributed by atoms with Crippen molar-refractivity contribution < 1.29 is 23.7 Å². The minimum absolute atomic E-state index is 0.120. The van der Waals surface area contributed by atoms with Crippen LogP contribution in [0.2, 0.25) is 0 Å². The van der Waals surface area contributed by atoms with Crippen LogP contribution < -0.4 is 19.5 Å². The molecule has 1 aromatic rings. The summed E-state index contributed by atoms with van der Waals surface area (Å²) in [6, 6.07) is 3.52. The van der Waals surface area contributed by atoms with Crippen molar-refractivity contribution in [2.24, 2.45) is 0 Å². The molecule has 0 fully saturated rings. The summed E-state index contributed by atoms with van der Waals surface area (Å²) in [4.78, 5) is 11.0. The quantitative estimate of drug-likeness (QED) is 0.744. The van der Waals surface area contributed by atoms with E-state index in [0.29, 0.717) is 23.8 Å². The summed E-state index contributed by atoms with van der Waals surface area (Å²) in [5, 5.41) is 2.96. The lowest BCUT2D eigenvalue weighted by atomic mass is 10.1. The van der Waals surface area contributed by atoms with Gasteiger partial charge in [-0.25, -0.2) is 0 Å². The monoisotopic (exact) mass is 269 g/mol. The molecule has 106 valence electrons. The summed E-state index contributed by atoms with van der Waals surface area (Å²) in [5.41, 5.74) is 0.815. The molecule has 0 aromatic heterocycles. The van der Waals surface area contributed by atoms with Gasteiger partial charge < -0.3 is 24.3 Å². The second-order valence-electron chi connectivity index (χ2n) is 3.69. The maximum Gasteiger partial charge on any atom is 0.319 e. The molecule has 0 saturated carbocycles. The van der Waals surface area contributed by atoms with Crippen LogP contribution in [0.15, 0.2) is 12.1 Å². The normalized spacial score (nSPS) is 9.89. The number of ether oxygens (including phenoxy) is 4. The van der Waals surface area contributed by atoms with Crippen molar-refractivity contribution in [3.05, 3.63) is 17.7 Å². The largest absolute Gasteiger partial charge is 0.496 e. The Labute approximate surface area is 112 Å². The van der Waals surface area contributed by atoms with Crippen LogP contribution in [0.4, 0.5) is 0 Å². The minimum Gasteiger partial charge on any atom is -0.496 e. The van der Waals surface area contributed by atoms with Gasteiger partial charge in [0, 0.05) is 18.7 Å². The van der Waals surface area contributed by atoms with E-state index in [1.165, 1.54) is 7.11 Å². The Morgan fingerprint density at radius 3 is 2.05 bits per heavy atom. The summed E-state index contributed by atoms with van der Waals surface area (Å²) in [6.07, 6.45) is 0. The van der Waals surface area contributed by atoms with E-state index in [2.05, 4.69) is 10.1 Å². The Bertz CT molecular complexity index is 408. The van der Waals surface area contributed by atoms with Crippen molar-refractivity contribution in [3.8, 4) is 17.2 Å². The number of esters is 1. The number of benzene rings is 1. The maximum atomic E-state index is 11.0. The summed E-state index contributed by atoms with van der Waals surface area (Å²) in [5.74, 6) is 1.58. The smallest absolute Gasteiger partial charge is 0.319 e. The highest BCUT2D eigenvalue weighted by Crippen LogP contribution is 2.33. The Morgan fingerprint density at radius 1 is 1.05 bits per heavy atom. The van der Waals surface area contributed by atoms with Gasteiger partial charge in [0.15, 0.2) is 0 Å². The molecule has 0 aliphatic carbocycles. The third-order valence-electron chi connectivity index (χ3n) is 2.62. The first-order chi connectivity index (χ1) is 9.15. The highest BCUT2D eigenvalue weighted by Gasteiger charge is 2.13. The maximum absolute atomic E-state index is 11.0. The molecule has 1 aromatic carbocycles. The molecule has 0 amide bonds. The van der Waals surface area contributed by atoms with Crippen LogP contribution in [0, 0.1) is 0 Å². The summed E-state index contributed by atoms with van der Waals surface area (Å²) >= 11 is 0. The van der Waals surface area contributed by atoms with Crippen molar-refractivity contribution in [3.63, 3.8) is 0 Å². The van der Waals surface area contributed by atoms with E-state index in [-0.39, 0.29) is 12.5 Å². The van der Waals surface area contributed by atoms with E-state index < -0.39 is 0 Å². The van der Waals surface area contributed by atoms with Gasteiger partial charge >= 0.3 is 5.97 Å². The first-order valence-corrected chi connectivity index (χ1v) is 5.72. The van der Waals surface area contributed by atoms with Gasteiger partial charge in [0.25, 0.3) is 0 Å². The van der Waals surface area contributed by atoms with E-state index in [9.17, 15) is 4.79 Å². The predicted molar refractivity (Wildman–Crippen MR) is 69.8 cm³/mol. The summed E-state index contributed by atoms with van der Waals surface area (Å²) in [6.45, 7) is 0.542. The van der Waals surface area contributed by atoms with Gasteiger partial charge in [-0.05, 0) is 0 Å². The number of carbonyl (C=O) groups excluding carboxylic acids is 1. The van der Waals surface area contributed by atoms with Crippen molar-refractivity contribution in [1.82, 2.24) is 5.32 Å². The molecule has 1 N–H and O–H groups in total. The molecule has 0 heterocycles. The highest BCUT2D eigenvalue weighted by atomic mass is 16.5. The topological polar surface area (TPSA) is 66.0 Å². The van der Waals surface area contributed by atoms with Crippen LogP contribution >= 0.6 is 0 Å². The lowest BCUT2D eigenvalue weighted by Gasteiger charge is -2.15. The molecule has 6 heteroatoms. The number of hydrogen-bond acceptors (Lipinski definition) is 6. The van der Waals surface area contributed by atoms with Crippen LogP contribution in [-0.2, 0) is 16.1 Å². The minimum atomic E-state index is -0.327. The summed E-state index contributed by atoms with van der Waals surface area (Å²) < 4.78 is 20.3. The molecule has 0 aliphatic heterocycles. The zero-order valence-corrected chi connectivity index (χ0v) is 11.6. The van der Waals surface area contributed by atoms with Crippen molar-refractivity contribution in [2.45, 2.75) is 6.54 Å². The fourth-order valence-electron chi connectivity index (χ4n) is 1.61. The predicted octanol–water partition coefficient (Wildman–Crippen LogP) is 0.975. The zero-order valence-electron chi connectivity index (χ0n) is 11.6. The molecular formula is C13H19NO5. The number of rotatable bonds is 7. The molecule has 0 spiro atoms. The SMILES string of the molecule is COC(=O)CNCc1c(OC)cc(OC)cc1OC. The van der Waals surface area contributed by atoms with E-state index in [4.69, 9.17) is 14.2 Å². The highest BCUT2D eigenvalue weighted by molar-refractivity contribution is 5.71. The van der Waals surface area contributed by atoms with Gasteiger partial charge in [-0.3, -0.25) is 4.79 Å². The molecule has 0 radical (unpaired) electrons. The second kappa shape index (κ2) is 7.48. The number of methoxy groups -OCH3 is 4. The van der Waals surface area contributed by atoms with E-state index in [0.717, 1.165) is 5.56 Å². The Morgan fingerprint density at radius 2 is 1.63 bits per heavy atom. The van der Waals surface area contributed by atoms with E-state index in [1.54, 1.807) is 33.5 Å². The summed E-state index contributed by atoms with van der Waals surface area (Å²) in [7, 11) is 6.05. The fourth-order valence-corrected chi connectivity index (χ4v) is 1.61. The van der Waals surface area contributed by atoms with Gasteiger partial charge in [0.2, 0.25) is 0 Å². The third-order valence-corrected chi connectivity index (χ3v) is 2.62. The van der Waals surface area contributed by atoms with Crippen LogP contribution in [0.3, 0.4) is 0 Å². The first kappa shape index (κ1) is 15.1. The average Bonchev–Trinajstić information content (AvgIpc) is 2.46. The number of hydrogen-bond donors (Lipinski definition) is 1. The Kier molecular flexibility index (Phi) is 5.95. The van der Waals surface area contributed by atoms with Gasteiger partial charge in [-0.1, -0.05) is 0 Å². The lowest BCUT2D eigenvalue weighted by molar-refractivity contribution is -0.139. The number of nitrogens with one attached hydrogen (secondary N) is 1. The molecule has 6 nitrogen and oxygen atoms in total. The van der Waals surface area contributed by atoms with Crippen LogP contribution in [0.1, 0.15) is 5.56 Å². The molecule has 0 aliphatic rings. The molecule has 0 unspecified atom stereocenters. The number of carbonyl (C=O) groups is 1. The van der Waals surface area contributed by atoms with Crippen molar-refractivity contribution in [1.29, 1.82) is 0 Å². The van der Waals surface area contributed by atoms with E-state index in [1.807, 2.05) is 0 Å². The lowest BCUT2D eigenvalue weighted by Crippen LogP contribution is -2.23. The van der Waals surface area contributed by atoms with Crippen LogP contribution in [-0.4, -0.2) is 41.0 Å². The van der Waals surface area contributed by atoms with Gasteiger partial charge in [-0.2, -0.15) is 0 Å². The van der Waals surface area contributed by atoms with Crippen LogP contribution in [0.25, 0.3) is 0 Å². The second-order valence-corrected chi connectivity index (χ2v) is 3.69. The average molecular weight is 269 g/mol. The fraction of sp³-hybridized carbons (Fsp3) is 0.462. The first-order valence-electron chi connectivity index (χ1n) is 5.72. The zero-order chi connectivity index (χ0) is 14.3. The molecule has 1 rings (SSSR count). The van der Waals surface area contributed by atoms with Crippen molar-refractivity contribution in [2.75, 3.05) is 35.0 Å². The van der Waals surface area contributed by atoms with Crippen molar-refractivity contribution >= 4 is 5.97 Å². The standard InChI is InChI=1S/C13H19NO5/c1-16-9-5-11(17-2)10(12(6-9)18-3)7-14-8-13(15)19-4/h5-6,14H,7-8H2,1-4H3. The molecule has 0 saturated heterocycles. The van der Waals surface area contributed by atoms with Gasteiger partial charge in [0.1, 0.15) is 17.2 Å². The molecular weight excluding hydrogens is 250 g/mol.